The Morgan fingerprint density at radius 2 is 1.10 bits per heavy atom. The van der Waals surface area contributed by atoms with E-state index in [4.69, 9.17) is 4.55 Å². The van der Waals surface area contributed by atoms with Crippen LogP contribution in [0.1, 0.15) is 84.0 Å². The molecule has 20 heavy (non-hydrogen) atoms. The molecule has 0 aliphatic rings. The van der Waals surface area contributed by atoms with E-state index in [2.05, 4.69) is 11.1 Å². The van der Waals surface area contributed by atoms with Crippen molar-refractivity contribution in [2.45, 2.75) is 84.0 Å². The molecule has 0 bridgehead atoms. The molecule has 0 saturated heterocycles. The van der Waals surface area contributed by atoms with Gasteiger partial charge in [0.25, 0.3) is 0 Å². The monoisotopic (exact) mass is 358 g/mol. The van der Waals surface area contributed by atoms with E-state index in [-0.39, 0.29) is 26.1 Å². The Kier molecular flexibility index (Phi) is 18.1. The number of hydrogen-bond donors (Lipinski definition) is 1. The second kappa shape index (κ2) is 15.9. The van der Waals surface area contributed by atoms with Crippen molar-refractivity contribution >= 4 is 10.4 Å². The van der Waals surface area contributed by atoms with Crippen molar-refractivity contribution in [1.29, 1.82) is 0 Å². The van der Waals surface area contributed by atoms with Gasteiger partial charge >= 0.3 is 10.4 Å². The molecule has 0 amide bonds. The third-order valence-electron chi connectivity index (χ3n) is 3.23. The Morgan fingerprint density at radius 3 is 1.45 bits per heavy atom. The minimum atomic E-state index is -4.24. The van der Waals surface area contributed by atoms with E-state index in [0.717, 1.165) is 12.8 Å². The Hall–Kier alpha value is 0.493. The molecule has 118 valence electrons. The predicted molar refractivity (Wildman–Crippen MR) is 78.6 cm³/mol. The molecule has 0 spiro atoms. The molecule has 0 atom stereocenters. The van der Waals surface area contributed by atoms with Crippen molar-refractivity contribution in [2.24, 2.45) is 0 Å². The van der Waals surface area contributed by atoms with Crippen LogP contribution in [0.3, 0.4) is 0 Å². The fourth-order valence-electron chi connectivity index (χ4n) is 2.11. The normalized spacial score (nSPS) is 11.3. The zero-order chi connectivity index (χ0) is 14.4. The molecule has 0 aromatic heterocycles. The third kappa shape index (κ3) is 20.8. The fourth-order valence-corrected chi connectivity index (χ4v) is 2.44. The summed E-state index contributed by atoms with van der Waals surface area (Å²) in [5, 5.41) is 0. The van der Waals surface area contributed by atoms with Crippen LogP contribution in [0.2, 0.25) is 0 Å². The van der Waals surface area contributed by atoms with Crippen molar-refractivity contribution in [2.75, 3.05) is 6.61 Å². The fraction of sp³-hybridized carbons (Fsp3) is 1.00. The second-order valence-electron chi connectivity index (χ2n) is 5.14. The number of unbranched alkanes of at least 4 members (excludes halogenated alkanes) is 11. The Bertz CT molecular complexity index is 281. The zero-order valence-corrected chi connectivity index (χ0v) is 16.8. The minimum Gasteiger partial charge on any atom is -0.264 e. The van der Waals surface area contributed by atoms with Crippen LogP contribution >= 0.6 is 0 Å². The molecule has 0 aliphatic carbocycles. The first kappa shape index (κ1) is 22.8. The summed E-state index contributed by atoms with van der Waals surface area (Å²) in [7, 11) is -4.24. The third-order valence-corrected chi connectivity index (χ3v) is 3.69. The van der Waals surface area contributed by atoms with E-state index in [1.807, 2.05) is 0 Å². The van der Waals surface area contributed by atoms with E-state index >= 15 is 0 Å². The van der Waals surface area contributed by atoms with Crippen LogP contribution in [0.4, 0.5) is 0 Å². The summed E-state index contributed by atoms with van der Waals surface area (Å²) in [6.07, 6.45) is 14.7. The molecule has 4 nitrogen and oxygen atoms in total. The van der Waals surface area contributed by atoms with Crippen molar-refractivity contribution in [3.05, 3.63) is 0 Å². The van der Waals surface area contributed by atoms with Crippen molar-refractivity contribution < 1.29 is 36.6 Å². The molecular formula is C14H30O4SZn. The van der Waals surface area contributed by atoms with Crippen molar-refractivity contribution in [3.63, 3.8) is 0 Å². The number of hydrogen-bond acceptors (Lipinski definition) is 3. The minimum absolute atomic E-state index is 0. The van der Waals surface area contributed by atoms with Crippen LogP contribution in [-0.4, -0.2) is 19.6 Å². The summed E-state index contributed by atoms with van der Waals surface area (Å²) in [4.78, 5) is 0. The Balaban J connectivity index is 0. The van der Waals surface area contributed by atoms with Gasteiger partial charge in [0.05, 0.1) is 6.61 Å². The van der Waals surface area contributed by atoms with E-state index < -0.39 is 10.4 Å². The summed E-state index contributed by atoms with van der Waals surface area (Å²) in [5.74, 6) is 0. The van der Waals surface area contributed by atoms with Gasteiger partial charge in [-0.3, -0.25) is 4.55 Å². The smallest absolute Gasteiger partial charge is 0.264 e. The maximum absolute atomic E-state index is 10.3. The van der Waals surface area contributed by atoms with Gasteiger partial charge in [0.2, 0.25) is 0 Å². The summed E-state index contributed by atoms with van der Waals surface area (Å²) in [6, 6.07) is 0. The average Bonchev–Trinajstić information content (AvgIpc) is 2.34. The van der Waals surface area contributed by atoms with Gasteiger partial charge in [-0.2, -0.15) is 8.42 Å². The van der Waals surface area contributed by atoms with Crippen LogP contribution in [0.25, 0.3) is 0 Å². The zero-order valence-electron chi connectivity index (χ0n) is 13.0. The molecule has 0 aliphatic heterocycles. The van der Waals surface area contributed by atoms with Gasteiger partial charge in [0.15, 0.2) is 0 Å². The van der Waals surface area contributed by atoms with Gasteiger partial charge < -0.3 is 0 Å². The van der Waals surface area contributed by atoms with Crippen LogP contribution in [0.5, 0.6) is 0 Å². The van der Waals surface area contributed by atoms with E-state index in [0.29, 0.717) is 6.42 Å². The summed E-state index contributed by atoms with van der Waals surface area (Å²) >= 11 is 0. The van der Waals surface area contributed by atoms with Crippen LogP contribution < -0.4 is 0 Å². The van der Waals surface area contributed by atoms with Gasteiger partial charge in [0, 0.05) is 19.5 Å². The van der Waals surface area contributed by atoms with Crippen LogP contribution in [-0.2, 0) is 34.1 Å². The molecular weight excluding hydrogens is 330 g/mol. The molecule has 1 N–H and O–H groups in total. The number of rotatable bonds is 14. The topological polar surface area (TPSA) is 63.6 Å². The molecule has 0 fully saturated rings. The van der Waals surface area contributed by atoms with E-state index in [1.165, 1.54) is 57.8 Å². The van der Waals surface area contributed by atoms with Crippen molar-refractivity contribution in [3.8, 4) is 0 Å². The largest absolute Gasteiger partial charge is 0.397 e. The van der Waals surface area contributed by atoms with E-state index in [9.17, 15) is 8.42 Å². The average molecular weight is 360 g/mol. The van der Waals surface area contributed by atoms with Gasteiger partial charge in [0.1, 0.15) is 0 Å². The summed E-state index contributed by atoms with van der Waals surface area (Å²) in [6.45, 7) is 2.33. The van der Waals surface area contributed by atoms with Gasteiger partial charge in [-0.25, -0.2) is 4.18 Å². The predicted octanol–water partition coefficient (Wildman–Crippen LogP) is 4.50. The van der Waals surface area contributed by atoms with Crippen LogP contribution in [0, 0.1) is 0 Å². The molecule has 0 saturated carbocycles. The molecule has 0 rings (SSSR count). The molecule has 0 radical (unpaired) electrons. The molecule has 6 heteroatoms. The standard InChI is InChI=1S/C14H30O4S.Zn/c1-2-3-4-5-6-7-8-9-10-11-12-13-14-18-19(15,16)17;/h2-14H2,1H3,(H,15,16,17);. The van der Waals surface area contributed by atoms with Crippen molar-refractivity contribution in [1.82, 2.24) is 0 Å². The first-order valence-electron chi connectivity index (χ1n) is 7.68. The van der Waals surface area contributed by atoms with Crippen LogP contribution in [0.15, 0.2) is 0 Å². The Morgan fingerprint density at radius 1 is 0.750 bits per heavy atom. The summed E-state index contributed by atoms with van der Waals surface area (Å²) < 4.78 is 33.1. The molecule has 0 heterocycles. The molecule has 0 aromatic rings. The first-order valence-corrected chi connectivity index (χ1v) is 9.04. The Labute approximate surface area is 137 Å². The van der Waals surface area contributed by atoms with Gasteiger partial charge in [-0.15, -0.1) is 0 Å². The quantitative estimate of drug-likeness (QED) is 0.281. The summed E-state index contributed by atoms with van der Waals surface area (Å²) in [5.41, 5.74) is 0. The first-order chi connectivity index (χ1) is 9.06. The SMILES string of the molecule is CCCCCCCCCCCCCCOS(=O)(=O)O.[Zn]. The van der Waals surface area contributed by atoms with E-state index in [1.54, 1.807) is 0 Å². The van der Waals surface area contributed by atoms with Gasteiger partial charge in [-0.05, 0) is 6.42 Å². The maximum Gasteiger partial charge on any atom is 0.397 e. The van der Waals surface area contributed by atoms with Gasteiger partial charge in [-0.1, -0.05) is 77.6 Å². The molecule has 0 unspecified atom stereocenters. The maximum atomic E-state index is 10.3. The second-order valence-corrected chi connectivity index (χ2v) is 6.23. The molecule has 0 aromatic carbocycles.